The molecule has 27 heavy (non-hydrogen) atoms. The predicted molar refractivity (Wildman–Crippen MR) is 98.8 cm³/mol. The number of benzene rings is 2. The van der Waals surface area contributed by atoms with Crippen LogP contribution in [0.25, 0.3) is 11.1 Å². The van der Waals surface area contributed by atoms with Gasteiger partial charge in [0.1, 0.15) is 5.82 Å². The highest BCUT2D eigenvalue weighted by Crippen LogP contribution is 2.26. The van der Waals surface area contributed by atoms with Crippen LogP contribution >= 0.6 is 0 Å². The Labute approximate surface area is 158 Å². The number of rotatable bonds is 7. The van der Waals surface area contributed by atoms with Crippen LogP contribution in [0.2, 0.25) is 0 Å². The van der Waals surface area contributed by atoms with Crippen molar-refractivity contribution in [1.82, 2.24) is 0 Å². The molecule has 0 atom stereocenters. The van der Waals surface area contributed by atoms with Crippen molar-refractivity contribution >= 4 is 0 Å². The summed E-state index contributed by atoms with van der Waals surface area (Å²) in [5.74, 6) is -1.92. The van der Waals surface area contributed by atoms with Gasteiger partial charge in [-0.05, 0) is 42.2 Å². The summed E-state index contributed by atoms with van der Waals surface area (Å²) in [6.45, 7) is 3.60. The van der Waals surface area contributed by atoms with Crippen LogP contribution in [-0.2, 0) is 15.9 Å². The van der Waals surface area contributed by atoms with Gasteiger partial charge in [0.05, 0.1) is 13.2 Å². The van der Waals surface area contributed by atoms with Crippen molar-refractivity contribution in [2.24, 2.45) is 5.92 Å². The van der Waals surface area contributed by atoms with E-state index in [0.29, 0.717) is 37.5 Å². The summed E-state index contributed by atoms with van der Waals surface area (Å²) in [5.41, 5.74) is 1.38. The molecule has 0 spiro atoms. The van der Waals surface area contributed by atoms with Crippen LogP contribution in [0.4, 0.5) is 13.2 Å². The van der Waals surface area contributed by atoms with E-state index in [1.807, 2.05) is 0 Å². The van der Waals surface area contributed by atoms with Gasteiger partial charge in [-0.3, -0.25) is 0 Å². The molecule has 1 heterocycles. The fourth-order valence-electron chi connectivity index (χ4n) is 3.31. The Bertz CT molecular complexity index is 755. The van der Waals surface area contributed by atoms with Gasteiger partial charge in [0.2, 0.25) is 0 Å². The zero-order valence-corrected chi connectivity index (χ0v) is 15.5. The topological polar surface area (TPSA) is 18.5 Å². The SMILES string of the molecule is CCCCC1COC(CCc2ccc(-c3ccc(F)c(F)c3)c(F)c2)OC1. The van der Waals surface area contributed by atoms with Crippen molar-refractivity contribution in [2.45, 2.75) is 45.3 Å². The summed E-state index contributed by atoms with van der Waals surface area (Å²) in [7, 11) is 0. The number of ether oxygens (including phenoxy) is 2. The minimum atomic E-state index is -0.986. The Hall–Kier alpha value is -1.85. The molecule has 0 bridgehead atoms. The lowest BCUT2D eigenvalue weighted by atomic mass is 10.0. The Morgan fingerprint density at radius 1 is 0.889 bits per heavy atom. The van der Waals surface area contributed by atoms with E-state index in [1.165, 1.54) is 25.0 Å². The predicted octanol–water partition coefficient (Wildman–Crippen LogP) is 5.88. The monoisotopic (exact) mass is 378 g/mol. The fourth-order valence-corrected chi connectivity index (χ4v) is 3.31. The van der Waals surface area contributed by atoms with Gasteiger partial charge >= 0.3 is 0 Å². The quantitative estimate of drug-likeness (QED) is 0.599. The van der Waals surface area contributed by atoms with E-state index in [9.17, 15) is 13.2 Å². The van der Waals surface area contributed by atoms with E-state index in [0.717, 1.165) is 24.1 Å². The largest absolute Gasteiger partial charge is 0.352 e. The van der Waals surface area contributed by atoms with Crippen LogP contribution in [0, 0.1) is 23.4 Å². The van der Waals surface area contributed by atoms with Gasteiger partial charge in [0, 0.05) is 17.9 Å². The second kappa shape index (κ2) is 9.38. The number of unbranched alkanes of at least 4 members (excludes halogenated alkanes) is 1. The van der Waals surface area contributed by atoms with Gasteiger partial charge in [0.25, 0.3) is 0 Å². The molecule has 2 nitrogen and oxygen atoms in total. The van der Waals surface area contributed by atoms with E-state index in [-0.39, 0.29) is 11.9 Å². The second-order valence-corrected chi connectivity index (χ2v) is 7.09. The first-order chi connectivity index (χ1) is 13.1. The fraction of sp³-hybridized carbons (Fsp3) is 0.455. The Balaban J connectivity index is 1.55. The number of hydrogen-bond donors (Lipinski definition) is 0. The average molecular weight is 378 g/mol. The number of aryl methyl sites for hydroxylation is 1. The Kier molecular flexibility index (Phi) is 6.91. The van der Waals surface area contributed by atoms with Crippen LogP contribution in [0.3, 0.4) is 0 Å². The molecule has 146 valence electrons. The molecule has 1 aliphatic heterocycles. The molecule has 0 unspecified atom stereocenters. The smallest absolute Gasteiger partial charge is 0.159 e. The third-order valence-electron chi connectivity index (χ3n) is 4.93. The zero-order chi connectivity index (χ0) is 19.2. The molecule has 5 heteroatoms. The molecule has 2 aromatic carbocycles. The minimum Gasteiger partial charge on any atom is -0.352 e. The van der Waals surface area contributed by atoms with Gasteiger partial charge in [-0.15, -0.1) is 0 Å². The van der Waals surface area contributed by atoms with Gasteiger partial charge < -0.3 is 9.47 Å². The van der Waals surface area contributed by atoms with Crippen LogP contribution in [-0.4, -0.2) is 19.5 Å². The zero-order valence-electron chi connectivity index (χ0n) is 15.5. The molecule has 1 saturated heterocycles. The molecule has 0 N–H and O–H groups in total. The van der Waals surface area contributed by atoms with E-state index < -0.39 is 17.5 Å². The van der Waals surface area contributed by atoms with Gasteiger partial charge in [-0.2, -0.15) is 0 Å². The van der Waals surface area contributed by atoms with Crippen LogP contribution in [0.5, 0.6) is 0 Å². The second-order valence-electron chi connectivity index (χ2n) is 7.09. The molecule has 0 aromatic heterocycles. The average Bonchev–Trinajstić information content (AvgIpc) is 2.68. The third-order valence-corrected chi connectivity index (χ3v) is 4.93. The summed E-state index contributed by atoms with van der Waals surface area (Å²) in [6.07, 6.45) is 4.51. The lowest BCUT2D eigenvalue weighted by Crippen LogP contribution is -2.32. The van der Waals surface area contributed by atoms with E-state index >= 15 is 0 Å². The first-order valence-corrected chi connectivity index (χ1v) is 9.54. The molecule has 0 radical (unpaired) electrons. The van der Waals surface area contributed by atoms with Crippen molar-refractivity contribution in [3.8, 4) is 11.1 Å². The third kappa shape index (κ3) is 5.33. The minimum absolute atomic E-state index is 0.251. The number of hydrogen-bond acceptors (Lipinski definition) is 2. The summed E-state index contributed by atoms with van der Waals surface area (Å²) < 4.78 is 52.4. The maximum atomic E-state index is 14.4. The molecule has 3 rings (SSSR count). The summed E-state index contributed by atoms with van der Waals surface area (Å²) in [6, 6.07) is 8.21. The standard InChI is InChI=1S/C22H25F3O2/c1-2-3-4-16-13-26-22(27-14-16)10-6-15-5-8-18(20(24)11-15)17-7-9-19(23)21(25)12-17/h5,7-9,11-12,16,22H,2-4,6,10,13-14H2,1H3. The van der Waals surface area contributed by atoms with Crippen LogP contribution in [0.1, 0.15) is 38.2 Å². The van der Waals surface area contributed by atoms with Crippen molar-refractivity contribution in [3.05, 3.63) is 59.4 Å². The number of halogens is 3. The normalized spacial score (nSPS) is 20.0. The highest BCUT2D eigenvalue weighted by molar-refractivity contribution is 5.64. The molecule has 1 aliphatic rings. The van der Waals surface area contributed by atoms with Crippen molar-refractivity contribution in [3.63, 3.8) is 0 Å². The van der Waals surface area contributed by atoms with E-state index in [2.05, 4.69) is 6.92 Å². The highest BCUT2D eigenvalue weighted by atomic mass is 19.2. The molecule has 0 saturated carbocycles. The van der Waals surface area contributed by atoms with Crippen LogP contribution < -0.4 is 0 Å². The van der Waals surface area contributed by atoms with Gasteiger partial charge in [-0.25, -0.2) is 13.2 Å². The summed E-state index contributed by atoms with van der Waals surface area (Å²) >= 11 is 0. The lowest BCUT2D eigenvalue weighted by molar-refractivity contribution is -0.203. The van der Waals surface area contributed by atoms with Gasteiger partial charge in [0.15, 0.2) is 17.9 Å². The van der Waals surface area contributed by atoms with Crippen molar-refractivity contribution in [2.75, 3.05) is 13.2 Å². The Morgan fingerprint density at radius 2 is 1.67 bits per heavy atom. The van der Waals surface area contributed by atoms with Crippen molar-refractivity contribution in [1.29, 1.82) is 0 Å². The summed E-state index contributed by atoms with van der Waals surface area (Å²) in [5, 5.41) is 0. The maximum Gasteiger partial charge on any atom is 0.159 e. The van der Waals surface area contributed by atoms with E-state index in [1.54, 1.807) is 12.1 Å². The molecule has 0 aliphatic carbocycles. The lowest BCUT2D eigenvalue weighted by Gasteiger charge is -2.29. The molecule has 1 fully saturated rings. The Morgan fingerprint density at radius 3 is 2.33 bits per heavy atom. The van der Waals surface area contributed by atoms with Crippen LogP contribution in [0.15, 0.2) is 36.4 Å². The van der Waals surface area contributed by atoms with Gasteiger partial charge in [-0.1, -0.05) is 38.0 Å². The first kappa shape index (κ1) is 19.9. The molecular formula is C22H25F3O2. The molecule has 0 amide bonds. The molecule has 2 aromatic rings. The molecular weight excluding hydrogens is 353 g/mol. The highest BCUT2D eigenvalue weighted by Gasteiger charge is 2.21. The maximum absolute atomic E-state index is 14.4. The van der Waals surface area contributed by atoms with Crippen molar-refractivity contribution < 1.29 is 22.6 Å². The van der Waals surface area contributed by atoms with E-state index in [4.69, 9.17) is 9.47 Å². The summed E-state index contributed by atoms with van der Waals surface area (Å²) in [4.78, 5) is 0. The first-order valence-electron chi connectivity index (χ1n) is 9.54.